The van der Waals surface area contributed by atoms with Gasteiger partial charge in [-0.05, 0) is 17.2 Å². The molecule has 0 radical (unpaired) electrons. The predicted molar refractivity (Wildman–Crippen MR) is 71.8 cm³/mol. The van der Waals surface area contributed by atoms with Crippen molar-refractivity contribution in [3.8, 4) is 0 Å². The van der Waals surface area contributed by atoms with Crippen LogP contribution < -0.4 is 5.32 Å². The fraction of sp³-hybridized carbons (Fsp3) is 0.125. The summed E-state index contributed by atoms with van der Waals surface area (Å²) in [6.07, 6.45) is 2.31. The van der Waals surface area contributed by atoms with E-state index in [9.17, 15) is 0 Å². The fourth-order valence-corrected chi connectivity index (χ4v) is 2.51. The molecule has 0 aromatic heterocycles. The lowest BCUT2D eigenvalue weighted by atomic mass is 9.93. The minimum Gasteiger partial charge on any atom is -0.388 e. The lowest BCUT2D eigenvalue weighted by molar-refractivity contribution is 1.05. The van der Waals surface area contributed by atoms with E-state index >= 15 is 0 Å². The van der Waals surface area contributed by atoms with Gasteiger partial charge in [-0.25, -0.2) is 0 Å². The van der Waals surface area contributed by atoms with Gasteiger partial charge in [-0.1, -0.05) is 54.6 Å². The molecule has 0 spiro atoms. The van der Waals surface area contributed by atoms with Crippen molar-refractivity contribution < 1.29 is 0 Å². The molecule has 0 saturated heterocycles. The number of hydrogen-bond donors (Lipinski definition) is 1. The second-order valence-corrected chi connectivity index (χ2v) is 4.31. The molecule has 0 fully saturated rings. The Morgan fingerprint density at radius 2 is 1.59 bits per heavy atom. The van der Waals surface area contributed by atoms with Crippen molar-refractivity contribution in [2.75, 3.05) is 7.05 Å². The van der Waals surface area contributed by atoms with Crippen LogP contribution in [0.15, 0.2) is 60.7 Å². The second-order valence-electron chi connectivity index (χ2n) is 4.31. The Morgan fingerprint density at radius 1 is 0.882 bits per heavy atom. The number of fused-ring (bicyclic) bond motifs is 1. The molecule has 0 amide bonds. The third-order valence-electron chi connectivity index (χ3n) is 3.35. The highest BCUT2D eigenvalue weighted by molar-refractivity contribution is 5.75. The van der Waals surface area contributed by atoms with Crippen LogP contribution in [0.5, 0.6) is 0 Å². The number of allylic oxidation sites excluding steroid dienone is 1. The molecular weight excluding hydrogens is 206 g/mol. The normalized spacial score (nSPS) is 17.5. The molecule has 1 atom stereocenters. The van der Waals surface area contributed by atoms with Gasteiger partial charge >= 0.3 is 0 Å². The van der Waals surface area contributed by atoms with E-state index in [1.165, 1.54) is 22.4 Å². The molecule has 1 aliphatic carbocycles. The molecular formula is C16H15N. The van der Waals surface area contributed by atoms with Gasteiger partial charge in [-0.2, -0.15) is 0 Å². The maximum atomic E-state index is 3.28. The monoisotopic (exact) mass is 221 g/mol. The summed E-state index contributed by atoms with van der Waals surface area (Å²) in [6, 6.07) is 19.2. The van der Waals surface area contributed by atoms with Gasteiger partial charge in [-0.3, -0.25) is 0 Å². The summed E-state index contributed by atoms with van der Waals surface area (Å²) in [7, 11) is 1.98. The topological polar surface area (TPSA) is 12.0 Å². The Hall–Kier alpha value is -2.02. The lowest BCUT2D eigenvalue weighted by Gasteiger charge is -2.10. The van der Waals surface area contributed by atoms with E-state index in [1.54, 1.807) is 0 Å². The van der Waals surface area contributed by atoms with E-state index in [0.29, 0.717) is 5.92 Å². The molecule has 2 aromatic rings. The average Bonchev–Trinajstić information content (AvgIpc) is 2.78. The molecule has 0 saturated carbocycles. The van der Waals surface area contributed by atoms with Gasteiger partial charge in [0.2, 0.25) is 0 Å². The van der Waals surface area contributed by atoms with E-state index in [2.05, 4.69) is 66.0 Å². The Balaban J connectivity index is 2.12. The quantitative estimate of drug-likeness (QED) is 0.819. The molecule has 84 valence electrons. The fourth-order valence-electron chi connectivity index (χ4n) is 2.51. The number of nitrogens with one attached hydrogen (secondary N) is 1. The highest BCUT2D eigenvalue weighted by Gasteiger charge is 2.23. The number of benzene rings is 2. The molecule has 17 heavy (non-hydrogen) atoms. The minimum atomic E-state index is 0.384. The first kappa shape index (κ1) is 10.2. The van der Waals surface area contributed by atoms with Crippen LogP contribution in [0, 0.1) is 0 Å². The summed E-state index contributed by atoms with van der Waals surface area (Å²) >= 11 is 0. The molecule has 0 heterocycles. The molecule has 3 rings (SSSR count). The molecule has 0 aliphatic heterocycles. The highest BCUT2D eigenvalue weighted by atomic mass is 14.8. The first-order chi connectivity index (χ1) is 8.40. The van der Waals surface area contributed by atoms with E-state index in [4.69, 9.17) is 0 Å². The van der Waals surface area contributed by atoms with E-state index in [1.807, 2.05) is 7.05 Å². The largest absolute Gasteiger partial charge is 0.388 e. The van der Waals surface area contributed by atoms with Crippen molar-refractivity contribution in [2.45, 2.75) is 5.92 Å². The Bertz CT molecular complexity index is 555. The molecule has 1 N–H and O–H groups in total. The van der Waals surface area contributed by atoms with Crippen LogP contribution in [-0.2, 0) is 0 Å². The number of rotatable bonds is 2. The third kappa shape index (κ3) is 1.64. The molecule has 0 bridgehead atoms. The Kier molecular flexibility index (Phi) is 2.45. The van der Waals surface area contributed by atoms with Crippen molar-refractivity contribution in [3.05, 3.63) is 77.4 Å². The van der Waals surface area contributed by atoms with Crippen molar-refractivity contribution in [1.29, 1.82) is 0 Å². The van der Waals surface area contributed by atoms with Crippen molar-refractivity contribution in [3.63, 3.8) is 0 Å². The lowest BCUT2D eigenvalue weighted by Crippen LogP contribution is -2.01. The van der Waals surface area contributed by atoms with E-state index < -0.39 is 0 Å². The number of hydrogen-bond acceptors (Lipinski definition) is 1. The zero-order valence-corrected chi connectivity index (χ0v) is 9.85. The summed E-state index contributed by atoms with van der Waals surface area (Å²) < 4.78 is 0. The predicted octanol–water partition coefficient (Wildman–Crippen LogP) is 3.39. The maximum Gasteiger partial charge on any atom is 0.0383 e. The first-order valence-electron chi connectivity index (χ1n) is 5.94. The molecule has 1 unspecified atom stereocenters. The van der Waals surface area contributed by atoms with Crippen LogP contribution >= 0.6 is 0 Å². The van der Waals surface area contributed by atoms with Crippen molar-refractivity contribution in [2.24, 2.45) is 0 Å². The van der Waals surface area contributed by atoms with Crippen LogP contribution in [0.25, 0.3) is 5.70 Å². The Labute approximate surface area is 102 Å². The third-order valence-corrected chi connectivity index (χ3v) is 3.35. The minimum absolute atomic E-state index is 0.384. The van der Waals surface area contributed by atoms with Crippen LogP contribution in [0.4, 0.5) is 0 Å². The van der Waals surface area contributed by atoms with Gasteiger partial charge in [0.1, 0.15) is 0 Å². The van der Waals surface area contributed by atoms with Crippen LogP contribution in [0.1, 0.15) is 22.6 Å². The van der Waals surface area contributed by atoms with Gasteiger partial charge in [-0.15, -0.1) is 0 Å². The smallest absolute Gasteiger partial charge is 0.0383 e. The molecule has 2 aromatic carbocycles. The average molecular weight is 221 g/mol. The zero-order valence-electron chi connectivity index (χ0n) is 9.85. The van der Waals surface area contributed by atoms with Crippen LogP contribution in [-0.4, -0.2) is 7.05 Å². The van der Waals surface area contributed by atoms with Crippen LogP contribution in [0.2, 0.25) is 0 Å². The van der Waals surface area contributed by atoms with Gasteiger partial charge in [0, 0.05) is 24.2 Å². The summed E-state index contributed by atoms with van der Waals surface area (Å²) in [6.45, 7) is 0. The first-order valence-corrected chi connectivity index (χ1v) is 5.94. The standard InChI is InChI=1S/C16H15N/c1-17-16-11-15(12-7-3-2-4-8-12)13-9-5-6-10-14(13)16/h2-11,15,17H,1H3. The van der Waals surface area contributed by atoms with E-state index in [0.717, 1.165) is 0 Å². The van der Waals surface area contributed by atoms with Crippen molar-refractivity contribution in [1.82, 2.24) is 5.32 Å². The van der Waals surface area contributed by atoms with E-state index in [-0.39, 0.29) is 0 Å². The van der Waals surface area contributed by atoms with Gasteiger partial charge in [0.25, 0.3) is 0 Å². The summed E-state index contributed by atoms with van der Waals surface area (Å²) in [5, 5.41) is 3.28. The van der Waals surface area contributed by atoms with Crippen molar-refractivity contribution >= 4 is 5.70 Å². The highest BCUT2D eigenvalue weighted by Crippen LogP contribution is 2.38. The summed E-state index contributed by atoms with van der Waals surface area (Å²) in [5.74, 6) is 0.384. The van der Waals surface area contributed by atoms with Crippen LogP contribution in [0.3, 0.4) is 0 Å². The molecule has 1 nitrogen and oxygen atoms in total. The molecule has 1 aliphatic rings. The summed E-state index contributed by atoms with van der Waals surface area (Å²) in [4.78, 5) is 0. The van der Waals surface area contributed by atoms with Gasteiger partial charge in [0.05, 0.1) is 0 Å². The maximum absolute atomic E-state index is 3.28. The Morgan fingerprint density at radius 3 is 2.35 bits per heavy atom. The zero-order chi connectivity index (χ0) is 11.7. The second kappa shape index (κ2) is 4.10. The summed E-state index contributed by atoms with van der Waals surface area (Å²) in [5.41, 5.74) is 5.30. The molecule has 1 heteroatoms. The van der Waals surface area contributed by atoms with Gasteiger partial charge < -0.3 is 5.32 Å². The van der Waals surface area contributed by atoms with Gasteiger partial charge in [0.15, 0.2) is 0 Å². The SMILES string of the molecule is CNC1=CC(c2ccccc2)c2ccccc21.